The molecule has 23 heavy (non-hydrogen) atoms. The normalized spacial score (nSPS) is 15.3. The Balaban J connectivity index is 1.82. The summed E-state index contributed by atoms with van der Waals surface area (Å²) in [5.74, 6) is 0. The third-order valence-electron chi connectivity index (χ3n) is 4.10. The van der Waals surface area contributed by atoms with E-state index in [2.05, 4.69) is 30.5 Å². The first kappa shape index (κ1) is 16.5. The van der Waals surface area contributed by atoms with Gasteiger partial charge in [0.2, 0.25) is 0 Å². The Kier molecular flexibility index (Phi) is 4.23. The maximum atomic E-state index is 12.5. The van der Waals surface area contributed by atoms with E-state index in [0.29, 0.717) is 5.13 Å². The number of nitrogens with one attached hydrogen (secondary N) is 1. The second-order valence-electron chi connectivity index (χ2n) is 6.98. The number of benzene rings is 1. The molecule has 0 bridgehead atoms. The number of anilines is 1. The lowest BCUT2D eigenvalue weighted by atomic mass is 9.87. The van der Waals surface area contributed by atoms with Crippen LogP contribution in [-0.2, 0) is 28.3 Å². The molecule has 0 amide bonds. The van der Waals surface area contributed by atoms with Crippen molar-refractivity contribution in [3.63, 3.8) is 0 Å². The SMILES string of the molecule is CC(C)(C)c1ccc(S(=O)(=O)Nc2nc3c(s2)CCCC3)cc1. The smallest absolute Gasteiger partial charge is 0.255 e. The molecule has 0 atom stereocenters. The number of thiazole rings is 1. The van der Waals surface area contributed by atoms with Gasteiger partial charge in [-0.3, -0.25) is 4.72 Å². The molecule has 0 spiro atoms. The van der Waals surface area contributed by atoms with E-state index in [4.69, 9.17) is 0 Å². The molecule has 0 aliphatic heterocycles. The minimum absolute atomic E-state index is 0.00405. The summed E-state index contributed by atoms with van der Waals surface area (Å²) in [4.78, 5) is 5.94. The predicted octanol–water partition coefficient (Wildman–Crippen LogP) is 4.12. The molecule has 3 rings (SSSR count). The molecule has 1 aromatic carbocycles. The van der Waals surface area contributed by atoms with Gasteiger partial charge in [0, 0.05) is 4.88 Å². The van der Waals surface area contributed by atoms with Crippen molar-refractivity contribution < 1.29 is 8.42 Å². The van der Waals surface area contributed by atoms with E-state index in [1.165, 1.54) is 16.2 Å². The topological polar surface area (TPSA) is 59.1 Å². The van der Waals surface area contributed by atoms with Crippen LogP contribution in [0.3, 0.4) is 0 Å². The van der Waals surface area contributed by atoms with Crippen molar-refractivity contribution in [2.45, 2.75) is 56.8 Å². The zero-order valence-electron chi connectivity index (χ0n) is 13.7. The monoisotopic (exact) mass is 350 g/mol. The molecule has 1 aliphatic rings. The Morgan fingerprint density at radius 2 is 1.74 bits per heavy atom. The first-order chi connectivity index (χ1) is 10.8. The van der Waals surface area contributed by atoms with Crippen molar-refractivity contribution in [2.24, 2.45) is 0 Å². The Bertz CT molecular complexity index is 777. The van der Waals surface area contributed by atoms with Crippen molar-refractivity contribution in [2.75, 3.05) is 4.72 Å². The number of aryl methyl sites for hydroxylation is 2. The summed E-state index contributed by atoms with van der Waals surface area (Å²) >= 11 is 1.46. The van der Waals surface area contributed by atoms with Gasteiger partial charge in [-0.2, -0.15) is 0 Å². The Labute approximate surface area is 142 Å². The number of hydrogen-bond donors (Lipinski definition) is 1. The Morgan fingerprint density at radius 1 is 1.09 bits per heavy atom. The average Bonchev–Trinajstić information content (AvgIpc) is 2.87. The highest BCUT2D eigenvalue weighted by atomic mass is 32.2. The van der Waals surface area contributed by atoms with E-state index in [1.807, 2.05) is 12.1 Å². The quantitative estimate of drug-likeness (QED) is 0.906. The summed E-state index contributed by atoms with van der Waals surface area (Å²) < 4.78 is 27.7. The first-order valence-corrected chi connectivity index (χ1v) is 10.2. The third kappa shape index (κ3) is 3.58. The van der Waals surface area contributed by atoms with Crippen LogP contribution in [0.5, 0.6) is 0 Å². The lowest BCUT2D eigenvalue weighted by Crippen LogP contribution is -2.14. The summed E-state index contributed by atoms with van der Waals surface area (Å²) in [6.07, 6.45) is 4.26. The molecule has 4 nitrogen and oxygen atoms in total. The largest absolute Gasteiger partial charge is 0.263 e. The molecule has 1 heterocycles. The molecule has 0 unspecified atom stereocenters. The fourth-order valence-corrected chi connectivity index (χ4v) is 4.99. The number of sulfonamides is 1. The van der Waals surface area contributed by atoms with E-state index >= 15 is 0 Å². The van der Waals surface area contributed by atoms with Crippen LogP contribution >= 0.6 is 11.3 Å². The summed E-state index contributed by atoms with van der Waals surface area (Å²) in [7, 11) is -3.58. The number of nitrogens with zero attached hydrogens (tertiary/aromatic N) is 1. The van der Waals surface area contributed by atoms with Gasteiger partial charge in [-0.05, 0) is 48.8 Å². The maximum absolute atomic E-state index is 12.5. The van der Waals surface area contributed by atoms with Crippen LogP contribution in [0.25, 0.3) is 0 Å². The van der Waals surface area contributed by atoms with Crippen molar-refractivity contribution in [1.82, 2.24) is 4.98 Å². The van der Waals surface area contributed by atoms with Gasteiger partial charge in [0.15, 0.2) is 5.13 Å². The molecule has 0 fully saturated rings. The van der Waals surface area contributed by atoms with Gasteiger partial charge in [0.25, 0.3) is 10.0 Å². The van der Waals surface area contributed by atoms with Crippen LogP contribution in [0.4, 0.5) is 5.13 Å². The van der Waals surface area contributed by atoms with Crippen LogP contribution < -0.4 is 4.72 Å². The van der Waals surface area contributed by atoms with Crippen molar-refractivity contribution in [3.05, 3.63) is 40.4 Å². The number of aromatic nitrogens is 1. The molecule has 1 aromatic heterocycles. The summed E-state index contributed by atoms with van der Waals surface area (Å²) in [5, 5.41) is 0.483. The first-order valence-electron chi connectivity index (χ1n) is 7.88. The van der Waals surface area contributed by atoms with E-state index in [9.17, 15) is 8.42 Å². The van der Waals surface area contributed by atoms with Crippen molar-refractivity contribution >= 4 is 26.5 Å². The van der Waals surface area contributed by atoms with Gasteiger partial charge in [0.05, 0.1) is 10.6 Å². The van der Waals surface area contributed by atoms with Crippen LogP contribution in [-0.4, -0.2) is 13.4 Å². The van der Waals surface area contributed by atoms with Gasteiger partial charge in [-0.1, -0.05) is 32.9 Å². The summed E-state index contributed by atoms with van der Waals surface area (Å²) in [6.45, 7) is 6.32. The van der Waals surface area contributed by atoms with Crippen LogP contribution in [0, 0.1) is 0 Å². The summed E-state index contributed by atoms with van der Waals surface area (Å²) in [5.41, 5.74) is 2.17. The molecule has 6 heteroatoms. The van der Waals surface area contributed by atoms with Crippen LogP contribution in [0.2, 0.25) is 0 Å². The van der Waals surface area contributed by atoms with Gasteiger partial charge in [0.1, 0.15) is 0 Å². The molecule has 2 aromatic rings. The number of rotatable bonds is 3. The fourth-order valence-electron chi connectivity index (χ4n) is 2.70. The average molecular weight is 351 g/mol. The molecule has 0 radical (unpaired) electrons. The minimum atomic E-state index is -3.58. The van der Waals surface area contributed by atoms with Gasteiger partial charge < -0.3 is 0 Å². The Hall–Kier alpha value is -1.40. The molecule has 1 N–H and O–H groups in total. The van der Waals surface area contributed by atoms with E-state index in [0.717, 1.165) is 36.9 Å². The molecular weight excluding hydrogens is 328 g/mol. The lowest BCUT2D eigenvalue weighted by molar-refractivity contribution is 0.587. The molecule has 1 aliphatic carbocycles. The minimum Gasteiger partial charge on any atom is -0.255 e. The highest BCUT2D eigenvalue weighted by molar-refractivity contribution is 7.93. The van der Waals surface area contributed by atoms with E-state index in [-0.39, 0.29) is 10.3 Å². The van der Waals surface area contributed by atoms with E-state index < -0.39 is 10.0 Å². The van der Waals surface area contributed by atoms with Crippen LogP contribution in [0.15, 0.2) is 29.2 Å². The highest BCUT2D eigenvalue weighted by Crippen LogP contribution is 2.31. The van der Waals surface area contributed by atoms with Gasteiger partial charge in [-0.25, -0.2) is 13.4 Å². The Morgan fingerprint density at radius 3 is 2.35 bits per heavy atom. The fraction of sp³-hybridized carbons (Fsp3) is 0.471. The van der Waals surface area contributed by atoms with Crippen LogP contribution in [0.1, 0.15) is 49.7 Å². The summed E-state index contributed by atoms with van der Waals surface area (Å²) in [6, 6.07) is 7.08. The van der Waals surface area contributed by atoms with Gasteiger partial charge in [-0.15, -0.1) is 11.3 Å². The molecule has 124 valence electrons. The second kappa shape index (κ2) is 5.91. The molecular formula is C17H22N2O2S2. The van der Waals surface area contributed by atoms with Gasteiger partial charge >= 0.3 is 0 Å². The predicted molar refractivity (Wildman–Crippen MR) is 94.7 cm³/mol. The third-order valence-corrected chi connectivity index (χ3v) is 6.65. The maximum Gasteiger partial charge on any atom is 0.263 e. The zero-order chi connectivity index (χ0) is 16.7. The molecule has 0 saturated carbocycles. The molecule has 0 saturated heterocycles. The standard InChI is InChI=1S/C17H22N2O2S2/c1-17(2,3)12-8-10-13(11-9-12)23(20,21)19-16-18-14-6-4-5-7-15(14)22-16/h8-11H,4-7H2,1-3H3,(H,18,19). The second-order valence-corrected chi connectivity index (χ2v) is 9.74. The zero-order valence-corrected chi connectivity index (χ0v) is 15.4. The lowest BCUT2D eigenvalue weighted by Gasteiger charge is -2.19. The number of fused-ring (bicyclic) bond motifs is 1. The number of hydrogen-bond acceptors (Lipinski definition) is 4. The van der Waals surface area contributed by atoms with Crippen molar-refractivity contribution in [1.29, 1.82) is 0 Å². The van der Waals surface area contributed by atoms with E-state index in [1.54, 1.807) is 12.1 Å². The highest BCUT2D eigenvalue weighted by Gasteiger charge is 2.21. The van der Waals surface area contributed by atoms with Crippen molar-refractivity contribution in [3.8, 4) is 0 Å².